The van der Waals surface area contributed by atoms with Crippen molar-refractivity contribution in [2.75, 3.05) is 0 Å². The second-order valence-electron chi connectivity index (χ2n) is 5.30. The van der Waals surface area contributed by atoms with Gasteiger partial charge < -0.3 is 9.15 Å². The van der Waals surface area contributed by atoms with Gasteiger partial charge in [-0.2, -0.15) is 0 Å². The largest absolute Gasteiger partial charge is 0.469 e. The molecule has 0 N–H and O–H groups in total. The lowest BCUT2D eigenvalue weighted by Gasteiger charge is -2.11. The molecule has 0 fully saturated rings. The molecule has 1 heterocycles. The number of furan rings is 1. The van der Waals surface area contributed by atoms with Gasteiger partial charge in [0.25, 0.3) is 0 Å². The Labute approximate surface area is 118 Å². The van der Waals surface area contributed by atoms with Crippen LogP contribution in [0.25, 0.3) is 0 Å². The molecule has 1 aliphatic rings. The standard InChI is InChI=1S/C17H18O3/c1-12-15(8-9-19-12)11-20-17(18)10-14-7-6-13-4-2-3-5-16(13)14/h2-5,8-9,14H,6-7,10-11H2,1H3. The van der Waals surface area contributed by atoms with Crippen LogP contribution < -0.4 is 0 Å². The third-order valence-corrected chi connectivity index (χ3v) is 4.03. The van der Waals surface area contributed by atoms with Gasteiger partial charge in [0.05, 0.1) is 12.7 Å². The van der Waals surface area contributed by atoms with Crippen molar-refractivity contribution in [2.45, 2.75) is 38.7 Å². The van der Waals surface area contributed by atoms with Crippen molar-refractivity contribution in [3.8, 4) is 0 Å². The van der Waals surface area contributed by atoms with Gasteiger partial charge in [0, 0.05) is 5.56 Å². The minimum atomic E-state index is -0.132. The summed E-state index contributed by atoms with van der Waals surface area (Å²) in [7, 11) is 0. The Morgan fingerprint density at radius 3 is 3.00 bits per heavy atom. The molecule has 1 aromatic heterocycles. The van der Waals surface area contributed by atoms with E-state index in [1.54, 1.807) is 6.26 Å². The van der Waals surface area contributed by atoms with E-state index >= 15 is 0 Å². The van der Waals surface area contributed by atoms with Crippen LogP contribution in [-0.4, -0.2) is 5.97 Å². The van der Waals surface area contributed by atoms with Crippen LogP contribution in [-0.2, 0) is 22.6 Å². The maximum absolute atomic E-state index is 12.0. The quantitative estimate of drug-likeness (QED) is 0.794. The summed E-state index contributed by atoms with van der Waals surface area (Å²) in [5.74, 6) is 0.987. The molecule has 0 spiro atoms. The Hall–Kier alpha value is -2.03. The van der Waals surface area contributed by atoms with Crippen LogP contribution in [0.2, 0.25) is 0 Å². The molecule has 2 aromatic rings. The lowest BCUT2D eigenvalue weighted by molar-refractivity contribution is -0.145. The van der Waals surface area contributed by atoms with Gasteiger partial charge >= 0.3 is 5.97 Å². The smallest absolute Gasteiger partial charge is 0.306 e. The van der Waals surface area contributed by atoms with E-state index in [1.165, 1.54) is 11.1 Å². The topological polar surface area (TPSA) is 39.4 Å². The summed E-state index contributed by atoms with van der Waals surface area (Å²) in [6.07, 6.45) is 4.19. The summed E-state index contributed by atoms with van der Waals surface area (Å²) in [6, 6.07) is 10.2. The van der Waals surface area contributed by atoms with Crippen LogP contribution in [0.15, 0.2) is 41.0 Å². The van der Waals surface area contributed by atoms with Crippen molar-refractivity contribution in [3.63, 3.8) is 0 Å². The van der Waals surface area contributed by atoms with Crippen molar-refractivity contribution in [3.05, 3.63) is 59.0 Å². The molecule has 0 amide bonds. The minimum Gasteiger partial charge on any atom is -0.469 e. The van der Waals surface area contributed by atoms with Crippen molar-refractivity contribution >= 4 is 5.97 Å². The highest BCUT2D eigenvalue weighted by Crippen LogP contribution is 2.35. The van der Waals surface area contributed by atoms with Gasteiger partial charge in [-0.1, -0.05) is 24.3 Å². The van der Waals surface area contributed by atoms with E-state index in [4.69, 9.17) is 9.15 Å². The van der Waals surface area contributed by atoms with Crippen LogP contribution in [0.1, 0.15) is 41.2 Å². The molecule has 104 valence electrons. The number of fused-ring (bicyclic) bond motifs is 1. The van der Waals surface area contributed by atoms with E-state index < -0.39 is 0 Å². The van der Waals surface area contributed by atoms with Crippen molar-refractivity contribution in [1.29, 1.82) is 0 Å². The number of rotatable bonds is 4. The Bertz CT molecular complexity index is 612. The molecule has 0 aliphatic heterocycles. The summed E-state index contributed by atoms with van der Waals surface area (Å²) in [6.45, 7) is 2.17. The van der Waals surface area contributed by atoms with E-state index in [0.29, 0.717) is 18.9 Å². The second kappa shape index (κ2) is 5.53. The zero-order valence-corrected chi connectivity index (χ0v) is 11.6. The third kappa shape index (κ3) is 2.62. The molecule has 0 saturated carbocycles. The van der Waals surface area contributed by atoms with Gasteiger partial charge in [-0.15, -0.1) is 0 Å². The minimum absolute atomic E-state index is 0.132. The van der Waals surface area contributed by atoms with Crippen molar-refractivity contribution in [1.82, 2.24) is 0 Å². The van der Waals surface area contributed by atoms with Crippen LogP contribution in [0.3, 0.4) is 0 Å². The summed E-state index contributed by atoms with van der Waals surface area (Å²) in [4.78, 5) is 12.0. The number of carbonyl (C=O) groups excluding carboxylic acids is 1. The first kappa shape index (κ1) is 13.0. The van der Waals surface area contributed by atoms with Gasteiger partial charge in [0.2, 0.25) is 0 Å². The van der Waals surface area contributed by atoms with Gasteiger partial charge in [-0.05, 0) is 42.9 Å². The predicted octanol–water partition coefficient (Wildman–Crippen LogP) is 3.75. The second-order valence-corrected chi connectivity index (χ2v) is 5.30. The summed E-state index contributed by atoms with van der Waals surface area (Å²) >= 11 is 0. The maximum atomic E-state index is 12.0. The Morgan fingerprint density at radius 1 is 1.35 bits per heavy atom. The molecule has 1 aromatic carbocycles. The number of hydrogen-bond acceptors (Lipinski definition) is 3. The Balaban J connectivity index is 1.57. The van der Waals surface area contributed by atoms with E-state index in [-0.39, 0.29) is 5.97 Å². The molecule has 1 aliphatic carbocycles. The number of hydrogen-bond donors (Lipinski definition) is 0. The van der Waals surface area contributed by atoms with Gasteiger partial charge in [0.1, 0.15) is 12.4 Å². The highest BCUT2D eigenvalue weighted by Gasteiger charge is 2.24. The average molecular weight is 270 g/mol. The third-order valence-electron chi connectivity index (χ3n) is 4.03. The molecule has 1 atom stereocenters. The average Bonchev–Trinajstić information content (AvgIpc) is 3.04. The molecule has 20 heavy (non-hydrogen) atoms. The first-order valence-corrected chi connectivity index (χ1v) is 7.00. The molecule has 3 rings (SSSR count). The zero-order valence-electron chi connectivity index (χ0n) is 11.6. The summed E-state index contributed by atoms with van der Waals surface area (Å²) < 4.78 is 10.5. The van der Waals surface area contributed by atoms with E-state index in [2.05, 4.69) is 18.2 Å². The monoisotopic (exact) mass is 270 g/mol. The fourth-order valence-corrected chi connectivity index (χ4v) is 2.84. The van der Waals surface area contributed by atoms with Crippen molar-refractivity contribution in [2.24, 2.45) is 0 Å². The highest BCUT2D eigenvalue weighted by atomic mass is 16.5. The molecular formula is C17H18O3. The fourth-order valence-electron chi connectivity index (χ4n) is 2.84. The molecule has 0 bridgehead atoms. The number of carbonyl (C=O) groups is 1. The summed E-state index contributed by atoms with van der Waals surface area (Å²) in [5.41, 5.74) is 3.62. The Morgan fingerprint density at radius 2 is 2.20 bits per heavy atom. The molecular weight excluding hydrogens is 252 g/mol. The molecule has 3 heteroatoms. The molecule has 1 unspecified atom stereocenters. The number of benzene rings is 1. The van der Waals surface area contributed by atoms with Gasteiger partial charge in [-0.3, -0.25) is 4.79 Å². The first-order valence-electron chi connectivity index (χ1n) is 7.00. The van der Waals surface area contributed by atoms with E-state index in [0.717, 1.165) is 24.2 Å². The van der Waals surface area contributed by atoms with E-state index in [9.17, 15) is 4.79 Å². The Kier molecular flexibility index (Phi) is 3.59. The van der Waals surface area contributed by atoms with E-state index in [1.807, 2.05) is 19.1 Å². The molecule has 0 saturated heterocycles. The highest BCUT2D eigenvalue weighted by molar-refractivity contribution is 5.71. The van der Waals surface area contributed by atoms with Crippen LogP contribution in [0.4, 0.5) is 0 Å². The first-order chi connectivity index (χ1) is 9.74. The lowest BCUT2D eigenvalue weighted by Crippen LogP contribution is -2.09. The molecule has 0 radical (unpaired) electrons. The number of ether oxygens (including phenoxy) is 1. The summed E-state index contributed by atoms with van der Waals surface area (Å²) in [5, 5.41) is 0. The van der Waals surface area contributed by atoms with Crippen LogP contribution >= 0.6 is 0 Å². The lowest BCUT2D eigenvalue weighted by atomic mass is 9.98. The van der Waals surface area contributed by atoms with Gasteiger partial charge in [-0.25, -0.2) is 0 Å². The molecule has 3 nitrogen and oxygen atoms in total. The van der Waals surface area contributed by atoms with Crippen LogP contribution in [0, 0.1) is 6.92 Å². The van der Waals surface area contributed by atoms with Crippen molar-refractivity contribution < 1.29 is 13.9 Å². The van der Waals surface area contributed by atoms with Gasteiger partial charge in [0.15, 0.2) is 0 Å². The zero-order chi connectivity index (χ0) is 13.9. The fraction of sp³-hybridized carbons (Fsp3) is 0.353. The SMILES string of the molecule is Cc1occc1COC(=O)CC1CCc2ccccc21. The predicted molar refractivity (Wildman–Crippen MR) is 75.4 cm³/mol. The van der Waals surface area contributed by atoms with Crippen LogP contribution in [0.5, 0.6) is 0 Å². The number of aryl methyl sites for hydroxylation is 2. The normalized spacial score (nSPS) is 16.9. The number of esters is 1. The maximum Gasteiger partial charge on any atom is 0.306 e.